The molecule has 0 aromatic rings. The van der Waals surface area contributed by atoms with E-state index < -0.39 is 0 Å². The molecule has 14 heavy (non-hydrogen) atoms. The molecule has 1 rings (SSSR count). The molecular weight excluding hydrogens is 178 g/mol. The molecule has 1 saturated carbocycles. The van der Waals surface area contributed by atoms with E-state index >= 15 is 0 Å². The van der Waals surface area contributed by atoms with Crippen molar-refractivity contribution in [2.75, 3.05) is 20.7 Å². The first kappa shape index (κ1) is 11.5. The van der Waals surface area contributed by atoms with Crippen molar-refractivity contribution >= 4 is 5.97 Å². The maximum atomic E-state index is 11.3. The predicted octanol–water partition coefficient (Wildman–Crippen LogP) is 1.53. The highest BCUT2D eigenvalue weighted by Gasteiger charge is 2.29. The third kappa shape index (κ3) is 2.98. The van der Waals surface area contributed by atoms with Crippen molar-refractivity contribution in [1.29, 1.82) is 0 Å². The average molecular weight is 199 g/mol. The summed E-state index contributed by atoms with van der Waals surface area (Å²) < 4.78 is 4.74. The second-order valence-corrected chi connectivity index (χ2v) is 4.44. The quantitative estimate of drug-likeness (QED) is 0.629. The molecule has 0 saturated heterocycles. The molecule has 0 spiro atoms. The van der Waals surface area contributed by atoms with Crippen molar-refractivity contribution in [3.63, 3.8) is 0 Å². The van der Waals surface area contributed by atoms with Crippen molar-refractivity contribution < 1.29 is 9.53 Å². The molecule has 1 aliphatic rings. The van der Waals surface area contributed by atoms with Gasteiger partial charge in [0.25, 0.3) is 0 Å². The van der Waals surface area contributed by atoms with Crippen LogP contribution in [0.15, 0.2) is 0 Å². The first-order chi connectivity index (χ1) is 6.56. The Bertz CT molecular complexity index is 201. The third-order valence-electron chi connectivity index (χ3n) is 3.23. The Morgan fingerprint density at radius 2 is 2.07 bits per heavy atom. The Labute approximate surface area is 86.4 Å². The van der Waals surface area contributed by atoms with Crippen molar-refractivity contribution in [3.8, 4) is 0 Å². The van der Waals surface area contributed by atoms with Crippen LogP contribution >= 0.6 is 0 Å². The van der Waals surface area contributed by atoms with E-state index in [1.165, 1.54) is 20.0 Å². The zero-order valence-electron chi connectivity index (χ0n) is 9.62. The molecule has 0 amide bonds. The normalized spacial score (nSPS) is 20.6. The number of methoxy groups -OCH3 is 1. The van der Waals surface area contributed by atoms with E-state index in [9.17, 15) is 4.79 Å². The monoisotopic (exact) mass is 199 g/mol. The molecule has 2 unspecified atom stereocenters. The average Bonchev–Trinajstić information content (AvgIpc) is 2.97. The zero-order valence-corrected chi connectivity index (χ0v) is 9.62. The highest BCUT2D eigenvalue weighted by atomic mass is 16.5. The number of esters is 1. The summed E-state index contributed by atoms with van der Waals surface area (Å²) in [4.78, 5) is 13.6. The van der Waals surface area contributed by atoms with Crippen LogP contribution in [0.4, 0.5) is 0 Å². The summed E-state index contributed by atoms with van der Waals surface area (Å²) in [5, 5.41) is 0. The summed E-state index contributed by atoms with van der Waals surface area (Å²) in [7, 11) is 3.54. The second-order valence-electron chi connectivity index (χ2n) is 4.44. The number of ether oxygens (including phenoxy) is 1. The van der Waals surface area contributed by atoms with Gasteiger partial charge in [-0.05, 0) is 32.7 Å². The molecule has 1 fully saturated rings. The largest absolute Gasteiger partial charge is 0.469 e. The van der Waals surface area contributed by atoms with E-state index in [-0.39, 0.29) is 17.9 Å². The Balaban J connectivity index is 2.36. The molecule has 0 radical (unpaired) electrons. The lowest BCUT2D eigenvalue weighted by atomic mass is 10.0. The highest BCUT2D eigenvalue weighted by Crippen LogP contribution is 2.30. The lowest BCUT2D eigenvalue weighted by Gasteiger charge is -2.28. The fourth-order valence-electron chi connectivity index (χ4n) is 1.64. The van der Waals surface area contributed by atoms with Gasteiger partial charge in [0.05, 0.1) is 13.0 Å². The van der Waals surface area contributed by atoms with E-state index in [0.29, 0.717) is 0 Å². The Kier molecular flexibility index (Phi) is 3.93. The molecule has 82 valence electrons. The van der Waals surface area contributed by atoms with Crippen LogP contribution in [-0.4, -0.2) is 37.6 Å². The second kappa shape index (κ2) is 4.78. The van der Waals surface area contributed by atoms with Gasteiger partial charge in [0, 0.05) is 12.6 Å². The Hall–Kier alpha value is -0.570. The molecule has 0 aliphatic heterocycles. The van der Waals surface area contributed by atoms with E-state index in [1.807, 2.05) is 6.92 Å². The summed E-state index contributed by atoms with van der Waals surface area (Å²) in [5.41, 5.74) is 0. The molecule has 0 aromatic heterocycles. The van der Waals surface area contributed by atoms with Gasteiger partial charge >= 0.3 is 5.97 Å². The highest BCUT2D eigenvalue weighted by molar-refractivity contribution is 5.72. The van der Waals surface area contributed by atoms with Gasteiger partial charge < -0.3 is 9.64 Å². The fourth-order valence-corrected chi connectivity index (χ4v) is 1.64. The molecule has 0 heterocycles. The van der Waals surface area contributed by atoms with Crippen LogP contribution in [0.3, 0.4) is 0 Å². The molecule has 0 N–H and O–H groups in total. The number of carbonyl (C=O) groups is 1. The van der Waals surface area contributed by atoms with Crippen molar-refractivity contribution in [1.82, 2.24) is 4.90 Å². The molecule has 1 aliphatic carbocycles. The van der Waals surface area contributed by atoms with Crippen LogP contribution < -0.4 is 0 Å². The first-order valence-corrected chi connectivity index (χ1v) is 5.34. The molecule has 0 aromatic carbocycles. The number of carbonyl (C=O) groups excluding carboxylic acids is 1. The van der Waals surface area contributed by atoms with Gasteiger partial charge in [0.2, 0.25) is 0 Å². The standard InChI is InChI=1S/C11H21NO2/c1-8(11(13)14-4)9(2)12(3)7-10-5-6-10/h8-10H,5-7H2,1-4H3. The molecule has 3 nitrogen and oxygen atoms in total. The van der Waals surface area contributed by atoms with Gasteiger partial charge in [-0.2, -0.15) is 0 Å². The lowest BCUT2D eigenvalue weighted by molar-refractivity contribution is -0.146. The van der Waals surface area contributed by atoms with Crippen LogP contribution in [0.5, 0.6) is 0 Å². The van der Waals surface area contributed by atoms with Crippen LogP contribution in [0.1, 0.15) is 26.7 Å². The summed E-state index contributed by atoms with van der Waals surface area (Å²) in [5.74, 6) is 0.719. The molecular formula is C11H21NO2. The number of rotatable bonds is 5. The summed E-state index contributed by atoms with van der Waals surface area (Å²) in [6, 6.07) is 0.267. The van der Waals surface area contributed by atoms with Crippen LogP contribution in [0.25, 0.3) is 0 Å². The fraction of sp³-hybridized carbons (Fsp3) is 0.909. The minimum Gasteiger partial charge on any atom is -0.469 e. The number of hydrogen-bond acceptors (Lipinski definition) is 3. The lowest BCUT2D eigenvalue weighted by Crippen LogP contribution is -2.39. The molecule has 3 heteroatoms. The van der Waals surface area contributed by atoms with Gasteiger partial charge in [0.15, 0.2) is 0 Å². The van der Waals surface area contributed by atoms with E-state index in [0.717, 1.165) is 12.5 Å². The van der Waals surface area contributed by atoms with Gasteiger partial charge in [-0.3, -0.25) is 4.79 Å². The van der Waals surface area contributed by atoms with E-state index in [4.69, 9.17) is 4.74 Å². The minimum atomic E-state index is -0.111. The van der Waals surface area contributed by atoms with Crippen molar-refractivity contribution in [2.24, 2.45) is 11.8 Å². The Morgan fingerprint density at radius 3 is 2.50 bits per heavy atom. The van der Waals surface area contributed by atoms with Crippen molar-refractivity contribution in [2.45, 2.75) is 32.7 Å². The van der Waals surface area contributed by atoms with Gasteiger partial charge in [-0.1, -0.05) is 6.92 Å². The zero-order chi connectivity index (χ0) is 10.7. The Morgan fingerprint density at radius 1 is 1.50 bits per heavy atom. The van der Waals surface area contributed by atoms with Crippen LogP contribution in [-0.2, 0) is 9.53 Å². The van der Waals surface area contributed by atoms with E-state index in [1.54, 1.807) is 0 Å². The number of hydrogen-bond donors (Lipinski definition) is 0. The summed E-state index contributed by atoms with van der Waals surface area (Å²) >= 11 is 0. The van der Waals surface area contributed by atoms with Gasteiger partial charge in [0.1, 0.15) is 0 Å². The number of nitrogens with zero attached hydrogens (tertiary/aromatic N) is 1. The third-order valence-corrected chi connectivity index (χ3v) is 3.23. The molecule has 0 bridgehead atoms. The topological polar surface area (TPSA) is 29.5 Å². The van der Waals surface area contributed by atoms with Crippen LogP contribution in [0.2, 0.25) is 0 Å². The first-order valence-electron chi connectivity index (χ1n) is 5.34. The maximum Gasteiger partial charge on any atom is 0.309 e. The molecule has 2 atom stereocenters. The smallest absolute Gasteiger partial charge is 0.309 e. The maximum absolute atomic E-state index is 11.3. The summed E-state index contributed by atoms with van der Waals surface area (Å²) in [6.07, 6.45) is 2.70. The van der Waals surface area contributed by atoms with Gasteiger partial charge in [-0.25, -0.2) is 0 Å². The van der Waals surface area contributed by atoms with Gasteiger partial charge in [-0.15, -0.1) is 0 Å². The van der Waals surface area contributed by atoms with Crippen LogP contribution in [0, 0.1) is 11.8 Å². The minimum absolute atomic E-state index is 0.0382. The SMILES string of the molecule is COC(=O)C(C)C(C)N(C)CC1CC1. The summed E-state index contributed by atoms with van der Waals surface area (Å²) in [6.45, 7) is 5.13. The van der Waals surface area contributed by atoms with E-state index in [2.05, 4.69) is 18.9 Å². The predicted molar refractivity (Wildman–Crippen MR) is 56.0 cm³/mol. The van der Waals surface area contributed by atoms with Crippen molar-refractivity contribution in [3.05, 3.63) is 0 Å².